The number of likely N-dealkylation sites (N-methyl/N-ethyl adjacent to an activating group) is 1. The first-order valence-corrected chi connectivity index (χ1v) is 7.87. The molecule has 0 saturated carbocycles. The molecule has 0 aliphatic carbocycles. The van der Waals surface area contributed by atoms with E-state index in [2.05, 4.69) is 17.3 Å². The molecule has 1 amide bonds. The molecule has 1 aromatic carbocycles. The van der Waals surface area contributed by atoms with Crippen LogP contribution in [0, 0.1) is 0 Å². The Bertz CT molecular complexity index is 487. The summed E-state index contributed by atoms with van der Waals surface area (Å²) in [4.78, 5) is 14.4. The predicted octanol–water partition coefficient (Wildman–Crippen LogP) is 2.06. The lowest BCUT2D eigenvalue weighted by Crippen LogP contribution is -2.46. The van der Waals surface area contributed by atoms with Crippen molar-refractivity contribution in [1.29, 1.82) is 0 Å². The zero-order valence-electron chi connectivity index (χ0n) is 12.7. The Balaban J connectivity index is 1.52. The fourth-order valence-electron chi connectivity index (χ4n) is 3.51. The minimum absolute atomic E-state index is 0.0117. The number of hydrogen-bond acceptors (Lipinski definition) is 3. The smallest absolute Gasteiger partial charge is 0.251 e. The topological polar surface area (TPSA) is 41.6 Å². The van der Waals surface area contributed by atoms with E-state index >= 15 is 0 Å². The molecular formula is C17H24N2O2. The Labute approximate surface area is 126 Å². The van der Waals surface area contributed by atoms with Crippen LogP contribution in [0.25, 0.3) is 0 Å². The molecule has 1 N–H and O–H groups in total. The molecule has 2 heterocycles. The van der Waals surface area contributed by atoms with Crippen LogP contribution in [0.5, 0.6) is 0 Å². The third-order valence-corrected chi connectivity index (χ3v) is 4.61. The number of benzene rings is 1. The van der Waals surface area contributed by atoms with Crippen LogP contribution < -0.4 is 5.32 Å². The van der Waals surface area contributed by atoms with Crippen LogP contribution in [0.1, 0.15) is 36.0 Å². The molecule has 2 saturated heterocycles. The van der Waals surface area contributed by atoms with E-state index in [1.165, 1.54) is 6.42 Å². The number of nitrogens with zero attached hydrogens (tertiary/aromatic N) is 1. The molecule has 0 radical (unpaired) electrons. The van der Waals surface area contributed by atoms with Crippen molar-refractivity contribution >= 4 is 5.91 Å². The summed E-state index contributed by atoms with van der Waals surface area (Å²) < 4.78 is 6.34. The van der Waals surface area contributed by atoms with Gasteiger partial charge in [0.05, 0.1) is 11.7 Å². The molecular weight excluding hydrogens is 264 g/mol. The third-order valence-electron chi connectivity index (χ3n) is 4.61. The van der Waals surface area contributed by atoms with E-state index < -0.39 is 0 Å². The normalized spacial score (nSPS) is 29.7. The van der Waals surface area contributed by atoms with Crippen molar-refractivity contribution in [2.75, 3.05) is 26.7 Å². The van der Waals surface area contributed by atoms with Crippen LogP contribution in [0.2, 0.25) is 0 Å². The zero-order valence-corrected chi connectivity index (χ0v) is 12.7. The first-order valence-electron chi connectivity index (χ1n) is 7.87. The average molecular weight is 288 g/mol. The molecule has 2 aliphatic heterocycles. The largest absolute Gasteiger partial charge is 0.369 e. The third kappa shape index (κ3) is 3.44. The van der Waals surface area contributed by atoms with Crippen molar-refractivity contribution < 1.29 is 9.53 Å². The summed E-state index contributed by atoms with van der Waals surface area (Å²) in [6.07, 6.45) is 4.66. The van der Waals surface area contributed by atoms with Gasteiger partial charge in [-0.2, -0.15) is 0 Å². The molecule has 3 rings (SSSR count). The number of likely N-dealkylation sites (tertiary alicyclic amines) is 1. The summed E-state index contributed by atoms with van der Waals surface area (Å²) >= 11 is 0. The van der Waals surface area contributed by atoms with E-state index in [-0.39, 0.29) is 17.6 Å². The average Bonchev–Trinajstić information content (AvgIpc) is 2.86. The Kier molecular flexibility index (Phi) is 4.27. The van der Waals surface area contributed by atoms with Gasteiger partial charge in [-0.1, -0.05) is 18.2 Å². The van der Waals surface area contributed by atoms with Crippen molar-refractivity contribution in [3.05, 3.63) is 35.9 Å². The second-order valence-corrected chi connectivity index (χ2v) is 6.38. The molecule has 21 heavy (non-hydrogen) atoms. The molecule has 2 fully saturated rings. The minimum atomic E-state index is -0.0117. The highest BCUT2D eigenvalue weighted by Crippen LogP contribution is 2.35. The van der Waals surface area contributed by atoms with Gasteiger partial charge in [-0.15, -0.1) is 0 Å². The number of rotatable bonds is 3. The van der Waals surface area contributed by atoms with Crippen molar-refractivity contribution in [1.82, 2.24) is 10.2 Å². The number of carbonyl (C=O) groups excluding carboxylic acids is 1. The molecule has 2 atom stereocenters. The van der Waals surface area contributed by atoms with Crippen LogP contribution in [-0.4, -0.2) is 49.2 Å². The number of amides is 1. The summed E-state index contributed by atoms with van der Waals surface area (Å²) in [5, 5.41) is 3.01. The quantitative estimate of drug-likeness (QED) is 0.925. The molecule has 0 bridgehead atoms. The summed E-state index contributed by atoms with van der Waals surface area (Å²) in [6.45, 7) is 2.75. The molecule has 0 unspecified atom stereocenters. The summed E-state index contributed by atoms with van der Waals surface area (Å²) in [5.41, 5.74) is 0.749. The SMILES string of the molecule is CN1CC[C@@]2(CCC[C@@H](CNC(=O)c3ccccc3)O2)C1. The van der Waals surface area contributed by atoms with Gasteiger partial charge in [-0.3, -0.25) is 4.79 Å². The second-order valence-electron chi connectivity index (χ2n) is 6.38. The molecule has 0 aromatic heterocycles. The van der Waals surface area contributed by atoms with E-state index in [4.69, 9.17) is 4.74 Å². The van der Waals surface area contributed by atoms with Gasteiger partial charge in [0.25, 0.3) is 5.91 Å². The zero-order chi connectivity index (χ0) is 14.7. The standard InChI is InChI=1S/C17H24N2O2/c1-19-11-10-17(13-19)9-5-8-15(21-17)12-18-16(20)14-6-3-2-4-7-14/h2-4,6-7,15H,5,8-13H2,1H3,(H,18,20)/t15-,17-/m0/s1. The Hall–Kier alpha value is -1.39. The second kappa shape index (κ2) is 6.16. The summed E-state index contributed by atoms with van der Waals surface area (Å²) in [6, 6.07) is 9.36. The lowest BCUT2D eigenvalue weighted by molar-refractivity contribution is -0.117. The van der Waals surface area contributed by atoms with E-state index in [1.807, 2.05) is 30.3 Å². The van der Waals surface area contributed by atoms with Crippen LogP contribution in [0.15, 0.2) is 30.3 Å². The van der Waals surface area contributed by atoms with Gasteiger partial charge in [0, 0.05) is 25.2 Å². The Morgan fingerprint density at radius 3 is 2.90 bits per heavy atom. The highest BCUT2D eigenvalue weighted by molar-refractivity contribution is 5.94. The highest BCUT2D eigenvalue weighted by atomic mass is 16.5. The van der Waals surface area contributed by atoms with Crippen LogP contribution in [-0.2, 0) is 4.74 Å². The molecule has 1 aromatic rings. The van der Waals surface area contributed by atoms with Gasteiger partial charge in [0.15, 0.2) is 0 Å². The van der Waals surface area contributed by atoms with Gasteiger partial charge in [-0.05, 0) is 44.9 Å². The van der Waals surface area contributed by atoms with Gasteiger partial charge < -0.3 is 15.0 Å². The highest BCUT2D eigenvalue weighted by Gasteiger charge is 2.41. The maximum atomic E-state index is 12.1. The van der Waals surface area contributed by atoms with Crippen LogP contribution in [0.3, 0.4) is 0 Å². The van der Waals surface area contributed by atoms with Gasteiger partial charge in [-0.25, -0.2) is 0 Å². The first-order chi connectivity index (χ1) is 10.2. The van der Waals surface area contributed by atoms with Gasteiger partial charge in [0.2, 0.25) is 0 Å². The Morgan fingerprint density at radius 1 is 1.38 bits per heavy atom. The molecule has 114 valence electrons. The summed E-state index contributed by atoms with van der Waals surface area (Å²) in [7, 11) is 2.15. The van der Waals surface area contributed by atoms with E-state index in [0.29, 0.717) is 12.1 Å². The monoisotopic (exact) mass is 288 g/mol. The van der Waals surface area contributed by atoms with E-state index in [0.717, 1.165) is 32.4 Å². The lowest BCUT2D eigenvalue weighted by atomic mass is 9.90. The molecule has 1 spiro atoms. The molecule has 4 nitrogen and oxygen atoms in total. The number of carbonyl (C=O) groups is 1. The number of ether oxygens (including phenoxy) is 1. The van der Waals surface area contributed by atoms with Crippen molar-refractivity contribution in [2.45, 2.75) is 37.4 Å². The Morgan fingerprint density at radius 2 is 2.19 bits per heavy atom. The van der Waals surface area contributed by atoms with Gasteiger partial charge >= 0.3 is 0 Å². The van der Waals surface area contributed by atoms with Crippen LogP contribution >= 0.6 is 0 Å². The van der Waals surface area contributed by atoms with Crippen LogP contribution in [0.4, 0.5) is 0 Å². The fourth-order valence-corrected chi connectivity index (χ4v) is 3.51. The van der Waals surface area contributed by atoms with E-state index in [9.17, 15) is 4.79 Å². The number of hydrogen-bond donors (Lipinski definition) is 1. The van der Waals surface area contributed by atoms with Crippen molar-refractivity contribution in [2.24, 2.45) is 0 Å². The minimum Gasteiger partial charge on any atom is -0.369 e. The predicted molar refractivity (Wildman–Crippen MR) is 82.3 cm³/mol. The molecule has 2 aliphatic rings. The summed E-state index contributed by atoms with van der Waals surface area (Å²) in [5.74, 6) is -0.0117. The maximum absolute atomic E-state index is 12.1. The first kappa shape index (κ1) is 14.5. The number of nitrogens with one attached hydrogen (secondary N) is 1. The van der Waals surface area contributed by atoms with Crippen molar-refractivity contribution in [3.8, 4) is 0 Å². The lowest BCUT2D eigenvalue weighted by Gasteiger charge is -2.38. The molecule has 4 heteroatoms. The van der Waals surface area contributed by atoms with Crippen molar-refractivity contribution in [3.63, 3.8) is 0 Å². The maximum Gasteiger partial charge on any atom is 0.251 e. The fraction of sp³-hybridized carbons (Fsp3) is 0.588. The van der Waals surface area contributed by atoms with Gasteiger partial charge in [0.1, 0.15) is 0 Å². The van der Waals surface area contributed by atoms with E-state index in [1.54, 1.807) is 0 Å².